The van der Waals surface area contributed by atoms with Crippen molar-refractivity contribution >= 4 is 11.8 Å². The Morgan fingerprint density at radius 2 is 1.83 bits per heavy atom. The zero-order valence-corrected chi connectivity index (χ0v) is 4.63. The molecule has 1 radical (unpaired) electrons. The van der Waals surface area contributed by atoms with Crippen molar-refractivity contribution in [1.82, 2.24) is 0 Å². The molecule has 0 aromatic carbocycles. The molecule has 1 aliphatic rings. The second-order valence-electron chi connectivity index (χ2n) is 1.48. The van der Waals surface area contributed by atoms with Crippen LogP contribution in [0.4, 0.5) is 0 Å². The van der Waals surface area contributed by atoms with E-state index in [-0.39, 0.29) is 0 Å². The van der Waals surface area contributed by atoms with Crippen LogP contribution < -0.4 is 0 Å². The Bertz CT molecular complexity index is 19.4. The van der Waals surface area contributed by atoms with Gasteiger partial charge in [0, 0.05) is 0 Å². The van der Waals surface area contributed by atoms with Crippen LogP contribution in [0.25, 0.3) is 0 Å². The molecule has 0 aromatic rings. The molecule has 1 aliphatic heterocycles. The Labute approximate surface area is 43.3 Å². The molecule has 6 heavy (non-hydrogen) atoms. The Morgan fingerprint density at radius 3 is 2.00 bits per heavy atom. The number of hydrogen-bond acceptors (Lipinski definition) is 1. The van der Waals surface area contributed by atoms with Crippen molar-refractivity contribution in [3.8, 4) is 0 Å². The molecule has 0 saturated carbocycles. The molecule has 1 heteroatoms. The molecule has 0 atom stereocenters. The largest absolute Gasteiger partial charge is 0.162 e. The Morgan fingerprint density at radius 1 is 1.17 bits per heavy atom. The summed E-state index contributed by atoms with van der Waals surface area (Å²) in [7, 11) is 0. The lowest BCUT2D eigenvalue weighted by Crippen LogP contribution is -1.92. The first-order valence-corrected chi connectivity index (χ1v) is 3.55. The van der Waals surface area contributed by atoms with Gasteiger partial charge >= 0.3 is 0 Å². The first-order valence-electron chi connectivity index (χ1n) is 2.39. The van der Waals surface area contributed by atoms with E-state index in [0.717, 1.165) is 0 Å². The summed E-state index contributed by atoms with van der Waals surface area (Å²) >= 11 is 2.06. The van der Waals surface area contributed by atoms with Crippen molar-refractivity contribution < 1.29 is 0 Å². The molecule has 0 N–H and O–H groups in total. The van der Waals surface area contributed by atoms with Gasteiger partial charge in [-0.2, -0.15) is 11.8 Å². The lowest BCUT2D eigenvalue weighted by Gasteiger charge is -2.05. The van der Waals surface area contributed by atoms with Gasteiger partial charge < -0.3 is 0 Å². The Balaban J connectivity index is 2.00. The summed E-state index contributed by atoms with van der Waals surface area (Å²) in [6.45, 7) is 0. The molecule has 1 saturated heterocycles. The van der Waals surface area contributed by atoms with E-state index in [4.69, 9.17) is 0 Å². The van der Waals surface area contributed by atoms with Crippen LogP contribution in [0, 0.1) is 6.42 Å². The van der Waals surface area contributed by atoms with Gasteiger partial charge in [0.05, 0.1) is 0 Å². The minimum Gasteiger partial charge on any atom is -0.162 e. The maximum atomic E-state index is 2.37. The zero-order valence-electron chi connectivity index (χ0n) is 3.81. The van der Waals surface area contributed by atoms with Gasteiger partial charge in [0.2, 0.25) is 0 Å². The van der Waals surface area contributed by atoms with Crippen LogP contribution in [-0.2, 0) is 0 Å². The maximum Gasteiger partial charge on any atom is -0.00648 e. The van der Waals surface area contributed by atoms with Crippen molar-refractivity contribution in [1.29, 1.82) is 0 Å². The van der Waals surface area contributed by atoms with E-state index in [0.29, 0.717) is 0 Å². The van der Waals surface area contributed by atoms with Gasteiger partial charge in [-0.1, -0.05) is 0 Å². The van der Waals surface area contributed by atoms with Crippen molar-refractivity contribution in [3.05, 3.63) is 6.42 Å². The molecule has 35 valence electrons. The van der Waals surface area contributed by atoms with Gasteiger partial charge in [0.15, 0.2) is 0 Å². The summed E-state index contributed by atoms with van der Waals surface area (Å²) in [6, 6.07) is 0. The summed E-state index contributed by atoms with van der Waals surface area (Å²) in [6.07, 6.45) is 5.05. The van der Waals surface area contributed by atoms with Crippen LogP contribution in [0.3, 0.4) is 0 Å². The van der Waals surface area contributed by atoms with Gasteiger partial charge in [-0.25, -0.2) is 0 Å². The van der Waals surface area contributed by atoms with Gasteiger partial charge in [-0.05, 0) is 30.8 Å². The monoisotopic (exact) mass is 101 g/mol. The van der Waals surface area contributed by atoms with Crippen LogP contribution in [0.1, 0.15) is 12.8 Å². The molecule has 0 aliphatic carbocycles. The highest BCUT2D eigenvalue weighted by Crippen LogP contribution is 2.13. The summed E-state index contributed by atoms with van der Waals surface area (Å²) in [5.74, 6) is 2.72. The topological polar surface area (TPSA) is 0 Å². The second kappa shape index (κ2) is 2.51. The Hall–Kier alpha value is 0.350. The summed E-state index contributed by atoms with van der Waals surface area (Å²) in [5.41, 5.74) is 0. The van der Waals surface area contributed by atoms with E-state index in [9.17, 15) is 0 Å². The van der Waals surface area contributed by atoms with E-state index in [1.807, 2.05) is 0 Å². The molecule has 0 spiro atoms. The average Bonchev–Trinajstić information content (AvgIpc) is 1.72. The highest BCUT2D eigenvalue weighted by molar-refractivity contribution is 7.99. The van der Waals surface area contributed by atoms with Crippen LogP contribution in [0.2, 0.25) is 0 Å². The van der Waals surface area contributed by atoms with Crippen LogP contribution >= 0.6 is 11.8 Å². The quantitative estimate of drug-likeness (QED) is 0.447. The van der Waals surface area contributed by atoms with E-state index in [1.165, 1.54) is 24.3 Å². The molecule has 0 bridgehead atoms. The summed E-state index contributed by atoms with van der Waals surface area (Å²) in [5, 5.41) is 0. The minimum atomic E-state index is 1.34. The third-order valence-corrected chi connectivity index (χ3v) is 1.98. The normalized spacial score (nSPS) is 24.0. The summed E-state index contributed by atoms with van der Waals surface area (Å²) in [4.78, 5) is 0. The van der Waals surface area contributed by atoms with Crippen molar-refractivity contribution in [2.45, 2.75) is 12.8 Å². The molecule has 0 aromatic heterocycles. The lowest BCUT2D eigenvalue weighted by atomic mass is 10.3. The van der Waals surface area contributed by atoms with Gasteiger partial charge in [0.1, 0.15) is 0 Å². The predicted molar refractivity (Wildman–Crippen MR) is 30.9 cm³/mol. The SMILES string of the molecule is [CH]1CCSCC1. The van der Waals surface area contributed by atoms with E-state index in [2.05, 4.69) is 18.2 Å². The molecule has 1 fully saturated rings. The molecule has 1 heterocycles. The molecular formula is C5H9S. The van der Waals surface area contributed by atoms with Crippen molar-refractivity contribution in [2.24, 2.45) is 0 Å². The molecule has 0 unspecified atom stereocenters. The first-order chi connectivity index (χ1) is 3.00. The number of thioether (sulfide) groups is 1. The standard InChI is InChI=1S/C5H9S/c1-2-4-6-5-3-1/h1H,2-5H2. The van der Waals surface area contributed by atoms with E-state index < -0.39 is 0 Å². The molecular weight excluding hydrogens is 92.1 g/mol. The fourth-order valence-corrected chi connectivity index (χ4v) is 1.45. The molecule has 1 rings (SSSR count). The minimum absolute atomic E-state index is 1.34. The predicted octanol–water partition coefficient (Wildman–Crippen LogP) is 1.72. The van der Waals surface area contributed by atoms with Gasteiger partial charge in [-0.3, -0.25) is 0 Å². The third kappa shape index (κ3) is 1.21. The van der Waals surface area contributed by atoms with Crippen LogP contribution in [-0.4, -0.2) is 11.5 Å². The smallest absolute Gasteiger partial charge is 0.00648 e. The highest BCUT2D eigenvalue weighted by atomic mass is 32.2. The fraction of sp³-hybridized carbons (Fsp3) is 0.800. The van der Waals surface area contributed by atoms with Crippen LogP contribution in [0.5, 0.6) is 0 Å². The Kier molecular flexibility index (Phi) is 1.89. The van der Waals surface area contributed by atoms with Crippen LogP contribution in [0.15, 0.2) is 0 Å². The summed E-state index contributed by atoms with van der Waals surface area (Å²) < 4.78 is 0. The molecule has 0 nitrogen and oxygen atoms in total. The lowest BCUT2D eigenvalue weighted by molar-refractivity contribution is 0.959. The number of rotatable bonds is 0. The highest BCUT2D eigenvalue weighted by Gasteiger charge is 1.96. The second-order valence-corrected chi connectivity index (χ2v) is 2.70. The maximum absolute atomic E-state index is 2.37. The zero-order chi connectivity index (χ0) is 4.24. The fourth-order valence-electron chi connectivity index (χ4n) is 0.580. The number of hydrogen-bond donors (Lipinski definition) is 0. The van der Waals surface area contributed by atoms with Gasteiger partial charge in [0.25, 0.3) is 0 Å². The average molecular weight is 101 g/mol. The van der Waals surface area contributed by atoms with E-state index in [1.54, 1.807) is 0 Å². The van der Waals surface area contributed by atoms with Crippen molar-refractivity contribution in [2.75, 3.05) is 11.5 Å². The third-order valence-electron chi connectivity index (χ3n) is 0.933. The van der Waals surface area contributed by atoms with E-state index >= 15 is 0 Å². The van der Waals surface area contributed by atoms with Crippen molar-refractivity contribution in [3.63, 3.8) is 0 Å². The van der Waals surface area contributed by atoms with Gasteiger partial charge in [-0.15, -0.1) is 0 Å². The molecule has 0 amide bonds. The first kappa shape index (κ1) is 4.51.